The molecule has 0 atom stereocenters. The second kappa shape index (κ2) is 12.4. The van der Waals surface area contributed by atoms with Crippen LogP contribution in [0, 0.1) is 0 Å². The molecule has 31 heavy (non-hydrogen) atoms. The smallest absolute Gasteiger partial charge is 0.248 e. The van der Waals surface area contributed by atoms with E-state index in [0.717, 1.165) is 18.5 Å². The van der Waals surface area contributed by atoms with Crippen LogP contribution < -0.4 is 14.8 Å². The molecule has 0 bridgehead atoms. The van der Waals surface area contributed by atoms with E-state index >= 15 is 0 Å². The van der Waals surface area contributed by atoms with Crippen molar-refractivity contribution in [2.45, 2.75) is 46.2 Å². The highest BCUT2D eigenvalue weighted by molar-refractivity contribution is 6.30. The number of nitrogens with one attached hydrogen (secondary N) is 1. The summed E-state index contributed by atoms with van der Waals surface area (Å²) in [6.07, 6.45) is 4.13. The Balaban J connectivity index is 1.94. The van der Waals surface area contributed by atoms with E-state index < -0.39 is 0 Å². The Bertz CT molecular complexity index is 856. The summed E-state index contributed by atoms with van der Waals surface area (Å²) in [5.74, 6) is 1.03. The maximum absolute atomic E-state index is 12.3. The highest BCUT2D eigenvalue weighted by atomic mass is 35.5. The number of nitrogens with zero attached hydrogens (tertiary/aromatic N) is 1. The van der Waals surface area contributed by atoms with Crippen molar-refractivity contribution in [2.75, 3.05) is 25.6 Å². The van der Waals surface area contributed by atoms with E-state index in [2.05, 4.69) is 37.9 Å². The molecule has 0 aliphatic rings. The van der Waals surface area contributed by atoms with Crippen LogP contribution in [0.2, 0.25) is 5.02 Å². The summed E-state index contributed by atoms with van der Waals surface area (Å²) in [5.41, 5.74) is 1.54. The second-order valence-corrected chi connectivity index (χ2v) is 8.30. The zero-order chi connectivity index (χ0) is 22.8. The van der Waals surface area contributed by atoms with Crippen LogP contribution in [0.25, 0.3) is 6.08 Å². The molecule has 0 spiro atoms. The number of amides is 1. The standard InChI is InChI=1S/C25H33ClN2O3/c1-18(2)28(19(3)4)15-6-16-31-24-17-22(12-13-23(24)30-5)27-25(29)14-9-20-7-10-21(26)11-8-20/h7-14,17-19H,6,15-16H2,1-5H3,(H,27,29)/b14-9+. The van der Waals surface area contributed by atoms with Gasteiger partial charge >= 0.3 is 0 Å². The number of rotatable bonds is 11. The van der Waals surface area contributed by atoms with E-state index in [1.165, 1.54) is 6.08 Å². The molecule has 0 heterocycles. The molecule has 2 rings (SSSR count). The predicted octanol–water partition coefficient (Wildman–Crippen LogP) is 5.89. The van der Waals surface area contributed by atoms with Gasteiger partial charge in [0.25, 0.3) is 0 Å². The monoisotopic (exact) mass is 444 g/mol. The van der Waals surface area contributed by atoms with Gasteiger partial charge in [0, 0.05) is 41.5 Å². The first-order valence-corrected chi connectivity index (χ1v) is 11.0. The molecule has 0 saturated carbocycles. The Morgan fingerprint density at radius 2 is 1.74 bits per heavy atom. The molecule has 6 heteroatoms. The van der Waals surface area contributed by atoms with Crippen LogP contribution in [0.15, 0.2) is 48.5 Å². The third kappa shape index (κ3) is 8.27. The van der Waals surface area contributed by atoms with Gasteiger partial charge in [-0.15, -0.1) is 0 Å². The maximum atomic E-state index is 12.3. The van der Waals surface area contributed by atoms with Gasteiger partial charge < -0.3 is 14.8 Å². The molecule has 168 valence electrons. The summed E-state index contributed by atoms with van der Waals surface area (Å²) in [6, 6.07) is 13.6. The highest BCUT2D eigenvalue weighted by Crippen LogP contribution is 2.30. The lowest BCUT2D eigenvalue weighted by atomic mass is 10.2. The van der Waals surface area contributed by atoms with Crippen molar-refractivity contribution in [3.8, 4) is 11.5 Å². The van der Waals surface area contributed by atoms with Gasteiger partial charge in [-0.25, -0.2) is 0 Å². The normalized spacial score (nSPS) is 11.5. The van der Waals surface area contributed by atoms with E-state index in [0.29, 0.717) is 40.9 Å². The van der Waals surface area contributed by atoms with E-state index in [1.54, 1.807) is 43.5 Å². The summed E-state index contributed by atoms with van der Waals surface area (Å²) >= 11 is 5.88. The number of carbonyl (C=O) groups excluding carboxylic acids is 1. The molecule has 0 radical (unpaired) electrons. The van der Waals surface area contributed by atoms with Gasteiger partial charge in [0.15, 0.2) is 11.5 Å². The van der Waals surface area contributed by atoms with Crippen molar-refractivity contribution in [3.05, 3.63) is 59.1 Å². The van der Waals surface area contributed by atoms with Gasteiger partial charge in [0.1, 0.15) is 0 Å². The average molecular weight is 445 g/mol. The van der Waals surface area contributed by atoms with E-state index in [-0.39, 0.29) is 5.91 Å². The first kappa shape index (κ1) is 24.8. The molecule has 1 amide bonds. The van der Waals surface area contributed by atoms with E-state index in [4.69, 9.17) is 21.1 Å². The number of benzene rings is 2. The fourth-order valence-electron chi connectivity index (χ4n) is 3.34. The summed E-state index contributed by atoms with van der Waals surface area (Å²) in [4.78, 5) is 14.7. The van der Waals surface area contributed by atoms with Crippen molar-refractivity contribution < 1.29 is 14.3 Å². The summed E-state index contributed by atoms with van der Waals surface area (Å²) in [5, 5.41) is 3.52. The lowest BCUT2D eigenvalue weighted by Crippen LogP contribution is -2.38. The van der Waals surface area contributed by atoms with Gasteiger partial charge in [0.2, 0.25) is 5.91 Å². The van der Waals surface area contributed by atoms with Crippen molar-refractivity contribution in [2.24, 2.45) is 0 Å². The molecule has 0 fully saturated rings. The number of ether oxygens (including phenoxy) is 2. The zero-order valence-corrected chi connectivity index (χ0v) is 19.8. The number of anilines is 1. The molecule has 2 aromatic rings. The minimum Gasteiger partial charge on any atom is -0.493 e. The Morgan fingerprint density at radius 3 is 2.35 bits per heavy atom. The molecule has 0 unspecified atom stereocenters. The van der Waals surface area contributed by atoms with Crippen LogP contribution in [-0.4, -0.2) is 43.2 Å². The maximum Gasteiger partial charge on any atom is 0.248 e. The van der Waals surface area contributed by atoms with Gasteiger partial charge in [-0.3, -0.25) is 9.69 Å². The highest BCUT2D eigenvalue weighted by Gasteiger charge is 2.13. The SMILES string of the molecule is COc1ccc(NC(=O)/C=C/c2ccc(Cl)cc2)cc1OCCCN(C(C)C)C(C)C. The molecule has 0 saturated heterocycles. The largest absolute Gasteiger partial charge is 0.493 e. The van der Waals surface area contributed by atoms with Crippen LogP contribution in [-0.2, 0) is 4.79 Å². The first-order chi connectivity index (χ1) is 14.8. The van der Waals surface area contributed by atoms with Crippen LogP contribution >= 0.6 is 11.6 Å². The van der Waals surface area contributed by atoms with E-state index in [9.17, 15) is 4.79 Å². The van der Waals surface area contributed by atoms with Gasteiger partial charge in [-0.1, -0.05) is 23.7 Å². The van der Waals surface area contributed by atoms with Crippen LogP contribution in [0.3, 0.4) is 0 Å². The number of hydrogen-bond donors (Lipinski definition) is 1. The molecular weight excluding hydrogens is 412 g/mol. The molecule has 0 aliphatic heterocycles. The van der Waals surface area contributed by atoms with Crippen LogP contribution in [0.5, 0.6) is 11.5 Å². The van der Waals surface area contributed by atoms with E-state index in [1.807, 2.05) is 12.1 Å². The quantitative estimate of drug-likeness (QED) is 0.347. The Labute approximate surface area is 191 Å². The molecule has 1 N–H and O–H groups in total. The lowest BCUT2D eigenvalue weighted by Gasteiger charge is -2.30. The molecule has 0 aliphatic carbocycles. The minimum absolute atomic E-state index is 0.226. The van der Waals surface area contributed by atoms with Crippen molar-refractivity contribution >= 4 is 29.3 Å². The molecule has 0 aromatic heterocycles. The summed E-state index contributed by atoms with van der Waals surface area (Å²) in [7, 11) is 1.61. The number of carbonyl (C=O) groups is 1. The first-order valence-electron chi connectivity index (χ1n) is 10.6. The topological polar surface area (TPSA) is 50.8 Å². The molecule has 2 aromatic carbocycles. The minimum atomic E-state index is -0.226. The van der Waals surface area contributed by atoms with Crippen LogP contribution in [0.1, 0.15) is 39.7 Å². The fraction of sp³-hybridized carbons (Fsp3) is 0.400. The molecular formula is C25H33ClN2O3. The van der Waals surface area contributed by atoms with Crippen molar-refractivity contribution in [3.63, 3.8) is 0 Å². The average Bonchev–Trinajstić information content (AvgIpc) is 2.73. The van der Waals surface area contributed by atoms with Crippen molar-refractivity contribution in [1.29, 1.82) is 0 Å². The Morgan fingerprint density at radius 1 is 1.06 bits per heavy atom. The molecule has 5 nitrogen and oxygen atoms in total. The van der Waals surface area contributed by atoms with Crippen LogP contribution in [0.4, 0.5) is 5.69 Å². The summed E-state index contributed by atoms with van der Waals surface area (Å²) in [6.45, 7) is 10.4. The predicted molar refractivity (Wildman–Crippen MR) is 129 cm³/mol. The third-order valence-electron chi connectivity index (χ3n) is 4.87. The zero-order valence-electron chi connectivity index (χ0n) is 19.0. The number of hydrogen-bond acceptors (Lipinski definition) is 4. The lowest BCUT2D eigenvalue weighted by molar-refractivity contribution is -0.111. The van der Waals surface area contributed by atoms with Gasteiger partial charge in [-0.2, -0.15) is 0 Å². The van der Waals surface area contributed by atoms with Gasteiger partial charge in [0.05, 0.1) is 13.7 Å². The Hall–Kier alpha value is -2.50. The third-order valence-corrected chi connectivity index (χ3v) is 5.13. The van der Waals surface area contributed by atoms with Crippen molar-refractivity contribution in [1.82, 2.24) is 4.90 Å². The summed E-state index contributed by atoms with van der Waals surface area (Å²) < 4.78 is 11.4. The fourth-order valence-corrected chi connectivity index (χ4v) is 3.46. The van der Waals surface area contributed by atoms with Gasteiger partial charge in [-0.05, 0) is 70.0 Å². The second-order valence-electron chi connectivity index (χ2n) is 7.87. The number of methoxy groups -OCH3 is 1. The number of halogens is 1. The Kier molecular flexibility index (Phi) is 9.89.